The van der Waals surface area contributed by atoms with Crippen molar-refractivity contribution >= 4 is 11.9 Å². The summed E-state index contributed by atoms with van der Waals surface area (Å²) in [6.45, 7) is 6.38. The number of ether oxygens (including phenoxy) is 2. The molecule has 1 saturated carbocycles. The zero-order valence-electron chi connectivity index (χ0n) is 13.9. The second-order valence-corrected chi connectivity index (χ2v) is 6.00. The van der Waals surface area contributed by atoms with Crippen LogP contribution in [0, 0.1) is 11.8 Å². The molecule has 0 bridgehead atoms. The second-order valence-electron chi connectivity index (χ2n) is 6.00. The van der Waals surface area contributed by atoms with Crippen molar-refractivity contribution in [3.8, 4) is 0 Å². The minimum absolute atomic E-state index is 0.203. The van der Waals surface area contributed by atoms with Gasteiger partial charge in [0.15, 0.2) is 0 Å². The van der Waals surface area contributed by atoms with Crippen LogP contribution >= 0.6 is 0 Å². The predicted molar refractivity (Wildman–Crippen MR) is 86.3 cm³/mol. The van der Waals surface area contributed by atoms with Crippen molar-refractivity contribution in [2.24, 2.45) is 11.8 Å². The smallest absolute Gasteiger partial charge is 0.310 e. The maximum absolute atomic E-state index is 12.2. The van der Waals surface area contributed by atoms with Gasteiger partial charge in [-0.3, -0.25) is 9.59 Å². The fourth-order valence-electron chi connectivity index (χ4n) is 2.93. The Morgan fingerprint density at radius 3 is 2.18 bits per heavy atom. The lowest BCUT2D eigenvalue weighted by Gasteiger charge is -2.28. The van der Waals surface area contributed by atoms with Gasteiger partial charge in [0.05, 0.1) is 18.4 Å². The SMILES string of the molecule is C=CCOC(=O)C1CCCCC1C(=O)OCCCCCCC. The van der Waals surface area contributed by atoms with E-state index in [1.165, 1.54) is 19.3 Å². The van der Waals surface area contributed by atoms with E-state index in [9.17, 15) is 9.59 Å². The molecule has 0 N–H and O–H groups in total. The van der Waals surface area contributed by atoms with E-state index < -0.39 is 0 Å². The van der Waals surface area contributed by atoms with Crippen LogP contribution in [0.1, 0.15) is 64.7 Å². The highest BCUT2D eigenvalue weighted by Crippen LogP contribution is 2.32. The van der Waals surface area contributed by atoms with Crippen LogP contribution in [0.2, 0.25) is 0 Å². The van der Waals surface area contributed by atoms with Gasteiger partial charge in [-0.25, -0.2) is 0 Å². The van der Waals surface area contributed by atoms with Gasteiger partial charge in [-0.1, -0.05) is 58.1 Å². The van der Waals surface area contributed by atoms with Crippen LogP contribution < -0.4 is 0 Å². The fourth-order valence-corrected chi connectivity index (χ4v) is 2.93. The molecule has 0 aromatic rings. The van der Waals surface area contributed by atoms with Gasteiger partial charge < -0.3 is 9.47 Å². The Balaban J connectivity index is 2.36. The summed E-state index contributed by atoms with van der Waals surface area (Å²) in [4.78, 5) is 24.3. The van der Waals surface area contributed by atoms with Gasteiger partial charge in [-0.15, -0.1) is 0 Å². The Bertz CT molecular complexity index is 351. The van der Waals surface area contributed by atoms with Crippen molar-refractivity contribution in [1.29, 1.82) is 0 Å². The standard InChI is InChI=1S/C18H30O4/c1-3-5-6-7-10-14-22-18(20)16-12-9-8-11-15(16)17(19)21-13-4-2/h4,15-16H,2-3,5-14H2,1H3. The molecular weight excluding hydrogens is 280 g/mol. The molecule has 126 valence electrons. The summed E-state index contributed by atoms with van der Waals surface area (Å²) in [7, 11) is 0. The molecule has 0 radical (unpaired) electrons. The van der Waals surface area contributed by atoms with Crippen molar-refractivity contribution in [2.45, 2.75) is 64.7 Å². The lowest BCUT2D eigenvalue weighted by atomic mass is 9.79. The largest absolute Gasteiger partial charge is 0.465 e. The predicted octanol–water partition coefficient (Wildman–Crippen LogP) is 4.04. The number of unbranched alkanes of at least 4 members (excludes halogenated alkanes) is 4. The average molecular weight is 310 g/mol. The molecular formula is C18H30O4. The molecule has 0 aromatic heterocycles. The number of esters is 2. The van der Waals surface area contributed by atoms with Gasteiger partial charge in [-0.05, 0) is 19.3 Å². The molecule has 0 saturated heterocycles. The molecule has 0 heterocycles. The highest BCUT2D eigenvalue weighted by Gasteiger charge is 2.37. The fraction of sp³-hybridized carbons (Fsp3) is 0.778. The van der Waals surface area contributed by atoms with Crippen LogP contribution in [0.5, 0.6) is 0 Å². The van der Waals surface area contributed by atoms with Gasteiger partial charge >= 0.3 is 11.9 Å². The molecule has 4 nitrogen and oxygen atoms in total. The Morgan fingerprint density at radius 2 is 1.59 bits per heavy atom. The van der Waals surface area contributed by atoms with E-state index in [4.69, 9.17) is 9.47 Å². The molecule has 1 rings (SSSR count). The zero-order chi connectivity index (χ0) is 16.2. The van der Waals surface area contributed by atoms with Crippen LogP contribution in [0.4, 0.5) is 0 Å². The third-order valence-corrected chi connectivity index (χ3v) is 4.21. The lowest BCUT2D eigenvalue weighted by Crippen LogP contribution is -2.35. The molecule has 0 spiro atoms. The third-order valence-electron chi connectivity index (χ3n) is 4.21. The maximum atomic E-state index is 12.2. The van der Waals surface area contributed by atoms with E-state index in [-0.39, 0.29) is 30.4 Å². The first-order valence-electron chi connectivity index (χ1n) is 8.64. The number of carbonyl (C=O) groups excluding carboxylic acids is 2. The van der Waals surface area contributed by atoms with Crippen molar-refractivity contribution in [1.82, 2.24) is 0 Å². The normalized spacial score (nSPS) is 21.1. The van der Waals surface area contributed by atoms with Crippen LogP contribution in [0.15, 0.2) is 12.7 Å². The molecule has 1 fully saturated rings. The summed E-state index contributed by atoms with van der Waals surface area (Å²) >= 11 is 0. The Labute approximate surface area is 134 Å². The molecule has 0 amide bonds. The van der Waals surface area contributed by atoms with Gasteiger partial charge in [0.25, 0.3) is 0 Å². The summed E-state index contributed by atoms with van der Waals surface area (Å²) in [5, 5.41) is 0. The number of rotatable bonds is 10. The van der Waals surface area contributed by atoms with Crippen LogP contribution in [-0.4, -0.2) is 25.2 Å². The van der Waals surface area contributed by atoms with E-state index >= 15 is 0 Å². The summed E-state index contributed by atoms with van der Waals surface area (Å²) in [5.74, 6) is -1.19. The van der Waals surface area contributed by atoms with Crippen molar-refractivity contribution in [3.63, 3.8) is 0 Å². The van der Waals surface area contributed by atoms with E-state index in [1.54, 1.807) is 6.08 Å². The molecule has 4 heteroatoms. The first-order chi connectivity index (χ1) is 10.7. The van der Waals surface area contributed by atoms with Crippen LogP contribution in [0.25, 0.3) is 0 Å². The highest BCUT2D eigenvalue weighted by molar-refractivity contribution is 5.82. The minimum Gasteiger partial charge on any atom is -0.465 e. The number of carbonyl (C=O) groups is 2. The van der Waals surface area contributed by atoms with Gasteiger partial charge in [-0.2, -0.15) is 0 Å². The Hall–Kier alpha value is -1.32. The summed E-state index contributed by atoms with van der Waals surface area (Å²) < 4.78 is 10.5. The van der Waals surface area contributed by atoms with Gasteiger partial charge in [0, 0.05) is 0 Å². The Morgan fingerprint density at radius 1 is 1.00 bits per heavy atom. The van der Waals surface area contributed by atoms with E-state index in [1.807, 2.05) is 0 Å². The first kappa shape index (κ1) is 18.7. The minimum atomic E-state index is -0.346. The van der Waals surface area contributed by atoms with Gasteiger partial charge in [0.2, 0.25) is 0 Å². The molecule has 1 aliphatic carbocycles. The van der Waals surface area contributed by atoms with Crippen molar-refractivity contribution < 1.29 is 19.1 Å². The zero-order valence-corrected chi connectivity index (χ0v) is 13.9. The highest BCUT2D eigenvalue weighted by atomic mass is 16.5. The van der Waals surface area contributed by atoms with Crippen LogP contribution in [0.3, 0.4) is 0 Å². The topological polar surface area (TPSA) is 52.6 Å². The van der Waals surface area contributed by atoms with Crippen LogP contribution in [-0.2, 0) is 19.1 Å². The van der Waals surface area contributed by atoms with Gasteiger partial charge in [0.1, 0.15) is 6.61 Å². The quantitative estimate of drug-likeness (QED) is 0.347. The second kappa shape index (κ2) is 11.3. The van der Waals surface area contributed by atoms with Crippen molar-refractivity contribution in [2.75, 3.05) is 13.2 Å². The first-order valence-corrected chi connectivity index (χ1v) is 8.64. The maximum Gasteiger partial charge on any atom is 0.310 e. The molecule has 1 aliphatic rings. The molecule has 22 heavy (non-hydrogen) atoms. The van der Waals surface area contributed by atoms with E-state index in [2.05, 4.69) is 13.5 Å². The monoisotopic (exact) mass is 310 g/mol. The average Bonchev–Trinajstić information content (AvgIpc) is 2.55. The Kier molecular flexibility index (Phi) is 9.60. The molecule has 0 aliphatic heterocycles. The molecule has 2 atom stereocenters. The summed E-state index contributed by atoms with van der Waals surface area (Å²) in [6, 6.07) is 0. The third kappa shape index (κ3) is 6.63. The number of hydrogen-bond acceptors (Lipinski definition) is 4. The molecule has 0 aromatic carbocycles. The van der Waals surface area contributed by atoms with E-state index in [0.717, 1.165) is 32.1 Å². The lowest BCUT2D eigenvalue weighted by molar-refractivity contribution is -0.162. The van der Waals surface area contributed by atoms with Crippen molar-refractivity contribution in [3.05, 3.63) is 12.7 Å². The number of hydrogen-bond donors (Lipinski definition) is 0. The summed E-state index contributed by atoms with van der Waals surface area (Å²) in [5.41, 5.74) is 0. The van der Waals surface area contributed by atoms with E-state index in [0.29, 0.717) is 13.0 Å². The summed E-state index contributed by atoms with van der Waals surface area (Å²) in [6.07, 6.45) is 10.5. The molecule has 2 unspecified atom stereocenters.